The number of hydrogen-bond donors (Lipinski definition) is 3. The molecule has 0 saturated carbocycles. The monoisotopic (exact) mass is 243 g/mol. The Bertz CT molecular complexity index is 326. The average molecular weight is 243 g/mol. The van der Waals surface area contributed by atoms with Gasteiger partial charge in [-0.1, -0.05) is 6.92 Å². The first-order chi connectivity index (χ1) is 7.95. The Kier molecular flexibility index (Phi) is 4.45. The molecule has 0 aromatic rings. The Morgan fingerprint density at radius 1 is 1.47 bits per heavy atom. The van der Waals surface area contributed by atoms with E-state index in [4.69, 9.17) is 10.8 Å². The maximum absolute atomic E-state index is 11.5. The second-order valence-corrected chi connectivity index (χ2v) is 4.17. The van der Waals surface area contributed by atoms with E-state index in [9.17, 15) is 14.4 Å². The summed E-state index contributed by atoms with van der Waals surface area (Å²) in [5.41, 5.74) is 5.07. The maximum Gasteiger partial charge on any atom is 0.306 e. The van der Waals surface area contributed by atoms with Gasteiger partial charge in [0.2, 0.25) is 11.8 Å². The van der Waals surface area contributed by atoms with E-state index in [-0.39, 0.29) is 30.8 Å². The van der Waals surface area contributed by atoms with E-state index in [0.29, 0.717) is 13.1 Å². The van der Waals surface area contributed by atoms with Crippen molar-refractivity contribution in [1.82, 2.24) is 10.2 Å². The summed E-state index contributed by atoms with van der Waals surface area (Å²) in [5.74, 6) is -1.88. The van der Waals surface area contributed by atoms with E-state index in [1.807, 2.05) is 0 Å². The van der Waals surface area contributed by atoms with Crippen LogP contribution in [0, 0.1) is 11.8 Å². The lowest BCUT2D eigenvalue weighted by Gasteiger charge is -2.41. The van der Waals surface area contributed by atoms with Gasteiger partial charge in [-0.2, -0.15) is 0 Å². The number of nitrogens with two attached hydrogens (primary N) is 1. The molecule has 0 aromatic heterocycles. The fourth-order valence-electron chi connectivity index (χ4n) is 1.59. The number of carboxylic acids is 1. The molecule has 0 aromatic carbocycles. The number of aliphatic carboxylic acids is 1. The first kappa shape index (κ1) is 13.4. The van der Waals surface area contributed by atoms with Crippen molar-refractivity contribution in [2.75, 3.05) is 26.2 Å². The first-order valence-corrected chi connectivity index (χ1v) is 5.43. The highest BCUT2D eigenvalue weighted by Gasteiger charge is 2.36. The zero-order valence-corrected chi connectivity index (χ0v) is 9.68. The predicted molar refractivity (Wildman–Crippen MR) is 58.9 cm³/mol. The summed E-state index contributed by atoms with van der Waals surface area (Å²) in [4.78, 5) is 34.5. The lowest BCUT2D eigenvalue weighted by atomic mass is 9.87. The summed E-state index contributed by atoms with van der Waals surface area (Å²) in [6.45, 7) is 2.27. The molecule has 0 spiro atoms. The fraction of sp³-hybridized carbons (Fsp3) is 0.700. The normalized spacial score (nSPS) is 17.2. The van der Waals surface area contributed by atoms with Crippen LogP contribution in [0.25, 0.3) is 0 Å². The van der Waals surface area contributed by atoms with E-state index in [1.54, 1.807) is 6.92 Å². The molecular weight excluding hydrogens is 226 g/mol. The van der Waals surface area contributed by atoms with Gasteiger partial charge in [0.1, 0.15) is 0 Å². The van der Waals surface area contributed by atoms with Gasteiger partial charge < -0.3 is 21.1 Å². The van der Waals surface area contributed by atoms with Crippen molar-refractivity contribution in [3.8, 4) is 0 Å². The molecule has 1 aliphatic rings. The molecule has 7 nitrogen and oxygen atoms in total. The van der Waals surface area contributed by atoms with Crippen LogP contribution in [0.2, 0.25) is 0 Å². The van der Waals surface area contributed by atoms with Gasteiger partial charge >= 0.3 is 5.97 Å². The maximum atomic E-state index is 11.5. The Morgan fingerprint density at radius 2 is 2.06 bits per heavy atom. The van der Waals surface area contributed by atoms with E-state index in [1.165, 1.54) is 4.90 Å². The van der Waals surface area contributed by atoms with Crippen LogP contribution in [-0.2, 0) is 14.4 Å². The summed E-state index contributed by atoms with van der Waals surface area (Å²) in [7, 11) is 0. The quantitative estimate of drug-likeness (QED) is 0.529. The van der Waals surface area contributed by atoms with Gasteiger partial charge in [-0.25, -0.2) is 0 Å². The summed E-state index contributed by atoms with van der Waals surface area (Å²) < 4.78 is 0. The molecule has 1 fully saturated rings. The molecule has 1 heterocycles. The highest BCUT2D eigenvalue weighted by molar-refractivity contribution is 5.86. The van der Waals surface area contributed by atoms with Gasteiger partial charge in [0.25, 0.3) is 0 Å². The lowest BCUT2D eigenvalue weighted by Crippen LogP contribution is -2.55. The van der Waals surface area contributed by atoms with Crippen LogP contribution in [0.3, 0.4) is 0 Å². The van der Waals surface area contributed by atoms with Gasteiger partial charge in [-0.05, 0) is 0 Å². The Hall–Kier alpha value is -1.63. The third kappa shape index (κ3) is 3.42. The molecule has 1 atom stereocenters. The number of nitrogens with zero attached hydrogens (tertiary/aromatic N) is 1. The molecule has 1 aliphatic heterocycles. The van der Waals surface area contributed by atoms with Crippen LogP contribution >= 0.6 is 0 Å². The van der Waals surface area contributed by atoms with Gasteiger partial charge in [0.15, 0.2) is 0 Å². The number of carboxylic acid groups (broad SMARTS) is 1. The Balaban J connectivity index is 2.25. The third-order valence-electron chi connectivity index (χ3n) is 2.98. The minimum atomic E-state index is -0.849. The second-order valence-electron chi connectivity index (χ2n) is 4.17. The SMILES string of the molecule is CC(C(=O)O)C1CN(C(=O)CNC(=O)CN)C1. The van der Waals surface area contributed by atoms with Crippen molar-refractivity contribution in [1.29, 1.82) is 0 Å². The van der Waals surface area contributed by atoms with Crippen molar-refractivity contribution in [2.45, 2.75) is 6.92 Å². The molecule has 17 heavy (non-hydrogen) atoms. The van der Waals surface area contributed by atoms with Crippen molar-refractivity contribution in [2.24, 2.45) is 17.6 Å². The molecule has 4 N–H and O–H groups in total. The smallest absolute Gasteiger partial charge is 0.306 e. The highest BCUT2D eigenvalue weighted by atomic mass is 16.4. The summed E-state index contributed by atoms with van der Waals surface area (Å²) in [5, 5.41) is 11.2. The van der Waals surface area contributed by atoms with Gasteiger partial charge in [0, 0.05) is 19.0 Å². The number of carbonyl (C=O) groups is 3. The summed E-state index contributed by atoms with van der Waals surface area (Å²) >= 11 is 0. The second kappa shape index (κ2) is 5.62. The number of likely N-dealkylation sites (tertiary alicyclic amines) is 1. The molecule has 96 valence electrons. The number of hydrogen-bond acceptors (Lipinski definition) is 4. The third-order valence-corrected chi connectivity index (χ3v) is 2.98. The van der Waals surface area contributed by atoms with E-state index in [2.05, 4.69) is 5.32 Å². The van der Waals surface area contributed by atoms with Crippen LogP contribution in [0.4, 0.5) is 0 Å². The molecule has 0 bridgehead atoms. The largest absolute Gasteiger partial charge is 0.481 e. The van der Waals surface area contributed by atoms with E-state index >= 15 is 0 Å². The average Bonchev–Trinajstić information content (AvgIpc) is 2.23. The molecule has 7 heteroatoms. The number of rotatable bonds is 5. The van der Waals surface area contributed by atoms with Gasteiger partial charge in [0.05, 0.1) is 19.0 Å². The van der Waals surface area contributed by atoms with Crippen LogP contribution in [-0.4, -0.2) is 54.0 Å². The molecule has 1 rings (SSSR count). The minimum Gasteiger partial charge on any atom is -0.481 e. The number of carbonyl (C=O) groups excluding carboxylic acids is 2. The van der Waals surface area contributed by atoms with Crippen molar-refractivity contribution < 1.29 is 19.5 Å². The molecule has 1 unspecified atom stereocenters. The Labute approximate surface area is 98.9 Å². The Morgan fingerprint density at radius 3 is 2.53 bits per heavy atom. The van der Waals surface area contributed by atoms with Crippen molar-refractivity contribution >= 4 is 17.8 Å². The van der Waals surface area contributed by atoms with E-state index in [0.717, 1.165) is 0 Å². The zero-order chi connectivity index (χ0) is 13.0. The molecule has 2 amide bonds. The summed E-state index contributed by atoms with van der Waals surface area (Å²) in [6, 6.07) is 0. The van der Waals surface area contributed by atoms with Crippen molar-refractivity contribution in [3.05, 3.63) is 0 Å². The molecule has 0 radical (unpaired) electrons. The topological polar surface area (TPSA) is 113 Å². The van der Waals surface area contributed by atoms with Crippen molar-refractivity contribution in [3.63, 3.8) is 0 Å². The van der Waals surface area contributed by atoms with Gasteiger partial charge in [-0.15, -0.1) is 0 Å². The summed E-state index contributed by atoms with van der Waals surface area (Å²) in [6.07, 6.45) is 0. The van der Waals surface area contributed by atoms with E-state index < -0.39 is 11.9 Å². The fourth-order valence-corrected chi connectivity index (χ4v) is 1.59. The van der Waals surface area contributed by atoms with Crippen LogP contribution < -0.4 is 11.1 Å². The minimum absolute atomic E-state index is 0.00154. The lowest BCUT2D eigenvalue weighted by molar-refractivity contribution is -0.150. The van der Waals surface area contributed by atoms with Gasteiger partial charge in [-0.3, -0.25) is 14.4 Å². The molecular formula is C10H17N3O4. The number of amides is 2. The number of nitrogens with one attached hydrogen (secondary N) is 1. The molecule has 1 saturated heterocycles. The zero-order valence-electron chi connectivity index (χ0n) is 9.68. The highest BCUT2D eigenvalue weighted by Crippen LogP contribution is 2.23. The van der Waals surface area contributed by atoms with Crippen LogP contribution in [0.1, 0.15) is 6.92 Å². The van der Waals surface area contributed by atoms with Crippen LogP contribution in [0.15, 0.2) is 0 Å². The first-order valence-electron chi connectivity index (χ1n) is 5.43. The molecule has 0 aliphatic carbocycles. The predicted octanol–water partition coefficient (Wildman–Crippen LogP) is -1.76. The van der Waals surface area contributed by atoms with Crippen LogP contribution in [0.5, 0.6) is 0 Å². The standard InChI is InChI=1S/C10H17N3O4/c1-6(10(16)17)7-4-13(5-7)9(15)3-12-8(14)2-11/h6-7H,2-5,11H2,1H3,(H,12,14)(H,16,17).